The van der Waals surface area contributed by atoms with Crippen LogP contribution in [0.25, 0.3) is 11.3 Å². The number of rotatable bonds is 6. The molecule has 0 aliphatic rings. The maximum Gasteiger partial charge on any atom is 0.222 e. The lowest BCUT2D eigenvalue weighted by molar-refractivity contribution is -0.114. The van der Waals surface area contributed by atoms with Crippen molar-refractivity contribution in [1.82, 2.24) is 9.97 Å². The molecular formula is C21H21N3O2. The maximum atomic E-state index is 11.5. The summed E-state index contributed by atoms with van der Waals surface area (Å²) >= 11 is 0. The molecule has 0 spiro atoms. The second kappa shape index (κ2) is 8.25. The molecule has 3 aromatic rings. The molecule has 1 amide bonds. The number of aromatic nitrogens is 2. The van der Waals surface area contributed by atoms with E-state index in [4.69, 9.17) is 9.72 Å². The number of nitrogens with one attached hydrogen (secondary N) is 1. The largest absolute Gasteiger partial charge is 0.497 e. The highest BCUT2D eigenvalue weighted by molar-refractivity contribution is 5.88. The van der Waals surface area contributed by atoms with Gasteiger partial charge in [0.05, 0.1) is 24.7 Å². The van der Waals surface area contributed by atoms with Crippen molar-refractivity contribution in [3.63, 3.8) is 0 Å². The van der Waals surface area contributed by atoms with Crippen LogP contribution in [0, 0.1) is 0 Å². The van der Waals surface area contributed by atoms with Crippen LogP contribution in [0.15, 0.2) is 60.8 Å². The molecule has 1 heterocycles. The third kappa shape index (κ3) is 4.45. The van der Waals surface area contributed by atoms with Crippen LogP contribution in [-0.4, -0.2) is 23.0 Å². The summed E-state index contributed by atoms with van der Waals surface area (Å²) in [4.78, 5) is 20.6. The number of carbonyl (C=O) groups excluding carboxylic acids is 1. The van der Waals surface area contributed by atoms with E-state index in [-0.39, 0.29) is 5.91 Å². The average Bonchev–Trinajstić information content (AvgIpc) is 2.68. The first-order chi connectivity index (χ1) is 12.7. The number of amides is 1. The Hall–Kier alpha value is -3.21. The Morgan fingerprint density at radius 1 is 1.04 bits per heavy atom. The van der Waals surface area contributed by atoms with Gasteiger partial charge in [-0.25, -0.2) is 9.97 Å². The predicted octanol–water partition coefficient (Wildman–Crippen LogP) is 3.90. The minimum Gasteiger partial charge on any atom is -0.497 e. The number of anilines is 1. The minimum absolute atomic E-state index is 0.155. The van der Waals surface area contributed by atoms with Crippen LogP contribution in [0.1, 0.15) is 18.2 Å². The van der Waals surface area contributed by atoms with Crippen molar-refractivity contribution in [1.29, 1.82) is 0 Å². The van der Waals surface area contributed by atoms with E-state index in [1.807, 2.05) is 42.5 Å². The van der Waals surface area contributed by atoms with E-state index in [2.05, 4.69) is 22.4 Å². The molecule has 0 unspecified atom stereocenters. The molecule has 0 radical (unpaired) electrons. The lowest BCUT2D eigenvalue weighted by atomic mass is 10.1. The smallest absolute Gasteiger partial charge is 0.222 e. The van der Waals surface area contributed by atoms with Gasteiger partial charge in [-0.2, -0.15) is 0 Å². The molecule has 0 saturated heterocycles. The van der Waals surface area contributed by atoms with Crippen molar-refractivity contribution in [2.24, 2.45) is 0 Å². The predicted molar refractivity (Wildman–Crippen MR) is 102 cm³/mol. The summed E-state index contributed by atoms with van der Waals surface area (Å²) in [5.74, 6) is 1.16. The lowest BCUT2D eigenvalue weighted by Gasteiger charge is -2.11. The molecule has 0 fully saturated rings. The summed E-state index contributed by atoms with van der Waals surface area (Å²) in [6.07, 6.45) is 3.20. The fraction of sp³-hybridized carbons (Fsp3) is 0.190. The van der Waals surface area contributed by atoms with Crippen LogP contribution in [0.5, 0.6) is 5.75 Å². The summed E-state index contributed by atoms with van der Waals surface area (Å²) in [6, 6.07) is 17.9. The monoisotopic (exact) mass is 347 g/mol. The Morgan fingerprint density at radius 2 is 1.77 bits per heavy atom. The van der Waals surface area contributed by atoms with Crippen LogP contribution < -0.4 is 10.1 Å². The van der Waals surface area contributed by atoms with E-state index in [9.17, 15) is 4.79 Å². The van der Waals surface area contributed by atoms with Gasteiger partial charge in [-0.05, 0) is 42.7 Å². The van der Waals surface area contributed by atoms with Crippen molar-refractivity contribution in [3.05, 3.63) is 72.1 Å². The maximum absolute atomic E-state index is 11.5. The molecule has 0 saturated carbocycles. The summed E-state index contributed by atoms with van der Waals surface area (Å²) < 4.78 is 5.20. The van der Waals surface area contributed by atoms with Gasteiger partial charge in [-0.3, -0.25) is 4.79 Å². The Balaban J connectivity index is 1.88. The van der Waals surface area contributed by atoms with Gasteiger partial charge in [0, 0.05) is 12.5 Å². The zero-order chi connectivity index (χ0) is 18.4. The molecular weight excluding hydrogens is 326 g/mol. The van der Waals surface area contributed by atoms with Crippen molar-refractivity contribution in [2.45, 2.75) is 19.8 Å². The van der Waals surface area contributed by atoms with E-state index in [1.54, 1.807) is 13.3 Å². The molecule has 1 N–H and O–H groups in total. The van der Waals surface area contributed by atoms with Crippen LogP contribution in [0.4, 0.5) is 5.82 Å². The van der Waals surface area contributed by atoms with Gasteiger partial charge in [0.1, 0.15) is 5.75 Å². The zero-order valence-corrected chi connectivity index (χ0v) is 14.9. The highest BCUT2D eigenvalue weighted by Gasteiger charge is 2.11. The normalized spacial score (nSPS) is 10.4. The quantitative estimate of drug-likeness (QED) is 0.734. The molecule has 5 nitrogen and oxygen atoms in total. The summed E-state index contributed by atoms with van der Waals surface area (Å²) in [7, 11) is 1.64. The van der Waals surface area contributed by atoms with Crippen molar-refractivity contribution < 1.29 is 9.53 Å². The summed E-state index contributed by atoms with van der Waals surface area (Å²) in [5.41, 5.74) is 3.72. The number of ether oxygens (including phenoxy) is 1. The van der Waals surface area contributed by atoms with Crippen LogP contribution in [0.3, 0.4) is 0 Å². The fourth-order valence-corrected chi connectivity index (χ4v) is 2.68. The number of hydrogen-bond donors (Lipinski definition) is 1. The van der Waals surface area contributed by atoms with Crippen molar-refractivity contribution in [2.75, 3.05) is 12.4 Å². The summed E-state index contributed by atoms with van der Waals surface area (Å²) in [5, 5.41) is 2.77. The molecule has 3 rings (SSSR count). The van der Waals surface area contributed by atoms with E-state index in [1.165, 1.54) is 12.5 Å². The molecule has 0 atom stereocenters. The van der Waals surface area contributed by atoms with E-state index in [0.29, 0.717) is 12.2 Å². The summed E-state index contributed by atoms with van der Waals surface area (Å²) in [6.45, 7) is 1.47. The number of nitrogens with zero attached hydrogens (tertiary/aromatic N) is 2. The van der Waals surface area contributed by atoms with Gasteiger partial charge in [0.15, 0.2) is 5.82 Å². The topological polar surface area (TPSA) is 64.1 Å². The highest BCUT2D eigenvalue weighted by atomic mass is 16.5. The van der Waals surface area contributed by atoms with E-state index < -0.39 is 0 Å². The Bertz CT molecular complexity index is 878. The van der Waals surface area contributed by atoms with E-state index in [0.717, 1.165) is 29.1 Å². The number of hydrogen-bond acceptors (Lipinski definition) is 4. The van der Waals surface area contributed by atoms with Gasteiger partial charge < -0.3 is 10.1 Å². The van der Waals surface area contributed by atoms with Gasteiger partial charge >= 0.3 is 0 Å². The second-order valence-electron chi connectivity index (χ2n) is 5.95. The Kier molecular flexibility index (Phi) is 5.59. The van der Waals surface area contributed by atoms with Crippen LogP contribution in [0.2, 0.25) is 0 Å². The van der Waals surface area contributed by atoms with E-state index >= 15 is 0 Å². The molecule has 0 aliphatic carbocycles. The first kappa shape index (κ1) is 17.6. The first-order valence-corrected chi connectivity index (χ1v) is 8.47. The molecule has 0 aliphatic heterocycles. The first-order valence-electron chi connectivity index (χ1n) is 8.47. The number of carbonyl (C=O) groups is 1. The third-order valence-electron chi connectivity index (χ3n) is 4.02. The molecule has 2 aromatic carbocycles. The van der Waals surface area contributed by atoms with Crippen molar-refractivity contribution >= 4 is 11.7 Å². The van der Waals surface area contributed by atoms with Crippen LogP contribution in [-0.2, 0) is 17.6 Å². The van der Waals surface area contributed by atoms with Crippen molar-refractivity contribution in [3.8, 4) is 17.0 Å². The minimum atomic E-state index is -0.155. The molecule has 0 bridgehead atoms. The van der Waals surface area contributed by atoms with Gasteiger partial charge in [0.2, 0.25) is 5.91 Å². The lowest BCUT2D eigenvalue weighted by Crippen LogP contribution is -2.12. The Labute approximate surface area is 153 Å². The SMILES string of the molecule is COc1ccc(-c2cnc(NC(C)=O)c(CCc3ccccc3)n2)cc1. The third-order valence-corrected chi connectivity index (χ3v) is 4.02. The fourth-order valence-electron chi connectivity index (χ4n) is 2.68. The average molecular weight is 347 g/mol. The van der Waals surface area contributed by atoms with Gasteiger partial charge in [-0.1, -0.05) is 30.3 Å². The molecule has 5 heteroatoms. The number of benzene rings is 2. The standard InChI is InChI=1S/C21H21N3O2/c1-15(25)23-21-19(13-8-16-6-4-3-5-7-16)24-20(14-22-21)17-9-11-18(26-2)12-10-17/h3-7,9-12,14H,8,13H2,1-2H3,(H,22,23,25). The number of aryl methyl sites for hydroxylation is 2. The zero-order valence-electron chi connectivity index (χ0n) is 14.9. The molecule has 1 aromatic heterocycles. The number of methoxy groups -OCH3 is 1. The molecule has 26 heavy (non-hydrogen) atoms. The second-order valence-corrected chi connectivity index (χ2v) is 5.95. The van der Waals surface area contributed by atoms with Gasteiger partial charge in [0.25, 0.3) is 0 Å². The Morgan fingerprint density at radius 3 is 2.42 bits per heavy atom. The van der Waals surface area contributed by atoms with Gasteiger partial charge in [-0.15, -0.1) is 0 Å². The molecule has 132 valence electrons. The van der Waals surface area contributed by atoms with Crippen LogP contribution >= 0.6 is 0 Å². The highest BCUT2D eigenvalue weighted by Crippen LogP contribution is 2.23.